The van der Waals surface area contributed by atoms with Crippen LogP contribution in [0.25, 0.3) is 16.9 Å². The molecular weight excluding hydrogens is 538 g/mol. The molecule has 1 atom stereocenters. The summed E-state index contributed by atoms with van der Waals surface area (Å²) in [6, 6.07) is 18.1. The molecule has 0 saturated heterocycles. The van der Waals surface area contributed by atoms with E-state index in [0.29, 0.717) is 23.6 Å². The fourth-order valence-corrected chi connectivity index (χ4v) is 6.07. The van der Waals surface area contributed by atoms with Gasteiger partial charge in [0.15, 0.2) is 0 Å². The van der Waals surface area contributed by atoms with Crippen LogP contribution in [-0.4, -0.2) is 42.1 Å². The molecule has 2 aromatic heterocycles. The third-order valence-corrected chi connectivity index (χ3v) is 8.85. The SMILES string of the molecule is CCCCc1c(Cc2ccc(-c3ccccc3C#N)cc2)c(=O)n(C2CCC(OC(C)C(C)(C)O)CC2)c2nc(C)nn12. The van der Waals surface area contributed by atoms with Gasteiger partial charge in [-0.2, -0.15) is 15.3 Å². The number of nitrogens with zero attached hydrogens (tertiary/aromatic N) is 5. The lowest BCUT2D eigenvalue weighted by molar-refractivity contribution is -0.118. The average molecular weight is 582 g/mol. The van der Waals surface area contributed by atoms with Gasteiger partial charge in [-0.3, -0.25) is 9.36 Å². The Morgan fingerprint density at radius 3 is 2.47 bits per heavy atom. The first-order valence-corrected chi connectivity index (χ1v) is 15.6. The zero-order valence-corrected chi connectivity index (χ0v) is 26.0. The lowest BCUT2D eigenvalue weighted by atomic mass is 9.91. The number of hydrogen-bond acceptors (Lipinski definition) is 6. The van der Waals surface area contributed by atoms with Crippen LogP contribution >= 0.6 is 0 Å². The molecule has 226 valence electrons. The lowest BCUT2D eigenvalue weighted by Gasteiger charge is -2.35. The van der Waals surface area contributed by atoms with E-state index >= 15 is 0 Å². The zero-order chi connectivity index (χ0) is 30.7. The van der Waals surface area contributed by atoms with E-state index in [1.807, 2.05) is 59.3 Å². The Bertz CT molecular complexity index is 1670. The van der Waals surface area contributed by atoms with Crippen molar-refractivity contribution in [2.24, 2.45) is 0 Å². The summed E-state index contributed by atoms with van der Waals surface area (Å²) >= 11 is 0. The number of rotatable bonds is 10. The first-order valence-electron chi connectivity index (χ1n) is 15.6. The third kappa shape index (κ3) is 6.58. The van der Waals surface area contributed by atoms with E-state index in [0.717, 1.165) is 72.9 Å². The van der Waals surface area contributed by atoms with E-state index in [1.54, 1.807) is 13.8 Å². The topological polar surface area (TPSA) is 105 Å². The molecule has 1 saturated carbocycles. The number of aromatic nitrogens is 4. The van der Waals surface area contributed by atoms with Crippen LogP contribution in [0.1, 0.15) is 100 Å². The maximum atomic E-state index is 14.4. The quantitative estimate of drug-likeness (QED) is 0.235. The summed E-state index contributed by atoms with van der Waals surface area (Å²) in [5.41, 5.74) is 4.37. The van der Waals surface area contributed by atoms with Gasteiger partial charge in [-0.05, 0) is 89.0 Å². The van der Waals surface area contributed by atoms with E-state index in [1.165, 1.54) is 0 Å². The van der Waals surface area contributed by atoms with Crippen molar-refractivity contribution in [3.63, 3.8) is 0 Å². The number of hydrogen-bond donors (Lipinski definition) is 1. The van der Waals surface area contributed by atoms with Gasteiger partial charge in [-0.1, -0.05) is 55.8 Å². The molecule has 0 radical (unpaired) electrons. The minimum atomic E-state index is -0.903. The zero-order valence-electron chi connectivity index (χ0n) is 26.0. The molecule has 0 aliphatic heterocycles. The lowest BCUT2D eigenvalue weighted by Crippen LogP contribution is -2.40. The Hall–Kier alpha value is -3.80. The Labute approximate surface area is 254 Å². The van der Waals surface area contributed by atoms with Crippen LogP contribution in [0.3, 0.4) is 0 Å². The summed E-state index contributed by atoms with van der Waals surface area (Å²) < 4.78 is 10.00. The predicted octanol–water partition coefficient (Wildman–Crippen LogP) is 6.33. The summed E-state index contributed by atoms with van der Waals surface area (Å²) in [4.78, 5) is 19.2. The number of benzene rings is 2. The van der Waals surface area contributed by atoms with Crippen LogP contribution in [0, 0.1) is 18.3 Å². The van der Waals surface area contributed by atoms with Crippen molar-refractivity contribution in [3.05, 3.63) is 87.1 Å². The molecule has 1 fully saturated rings. The molecule has 8 heteroatoms. The van der Waals surface area contributed by atoms with Gasteiger partial charge in [0, 0.05) is 18.0 Å². The largest absolute Gasteiger partial charge is 0.388 e. The maximum Gasteiger partial charge on any atom is 0.259 e. The molecule has 8 nitrogen and oxygen atoms in total. The van der Waals surface area contributed by atoms with Crippen molar-refractivity contribution in [1.82, 2.24) is 19.2 Å². The minimum Gasteiger partial charge on any atom is -0.388 e. The van der Waals surface area contributed by atoms with E-state index < -0.39 is 5.60 Å². The highest BCUT2D eigenvalue weighted by atomic mass is 16.5. The predicted molar refractivity (Wildman–Crippen MR) is 168 cm³/mol. The first-order chi connectivity index (χ1) is 20.6. The molecule has 4 aromatic rings. The Morgan fingerprint density at radius 2 is 1.81 bits per heavy atom. The normalized spacial score (nSPS) is 18.1. The molecule has 1 aliphatic carbocycles. The molecule has 1 aliphatic rings. The van der Waals surface area contributed by atoms with Crippen LogP contribution in [-0.2, 0) is 17.6 Å². The number of aryl methyl sites for hydroxylation is 2. The van der Waals surface area contributed by atoms with Crippen molar-refractivity contribution < 1.29 is 9.84 Å². The standard InChI is InChI=1S/C35H43N5O3/c1-6-7-12-32-31(21-25-13-15-26(16-14-25)30-11-9-8-10-27(30)22-36)33(41)39(34-37-24(3)38-40(32)34)28-17-19-29(20-18-28)43-23(2)35(4,5)42/h8-11,13-16,23,28-29,42H,6-7,12,17-21H2,1-5H3. The Morgan fingerprint density at radius 1 is 1.12 bits per heavy atom. The van der Waals surface area contributed by atoms with E-state index in [-0.39, 0.29) is 23.8 Å². The number of ether oxygens (including phenoxy) is 1. The molecule has 2 heterocycles. The summed E-state index contributed by atoms with van der Waals surface area (Å²) in [5.74, 6) is 1.27. The highest BCUT2D eigenvalue weighted by Crippen LogP contribution is 2.33. The number of nitriles is 1. The van der Waals surface area contributed by atoms with Crippen LogP contribution in [0.4, 0.5) is 0 Å². The van der Waals surface area contributed by atoms with Crippen molar-refractivity contribution in [1.29, 1.82) is 5.26 Å². The molecule has 0 spiro atoms. The van der Waals surface area contributed by atoms with Gasteiger partial charge in [-0.15, -0.1) is 0 Å². The van der Waals surface area contributed by atoms with Crippen LogP contribution in [0.5, 0.6) is 0 Å². The summed E-state index contributed by atoms with van der Waals surface area (Å²) in [7, 11) is 0. The van der Waals surface area contributed by atoms with Crippen molar-refractivity contribution in [2.45, 2.75) is 110 Å². The monoisotopic (exact) mass is 581 g/mol. The number of fused-ring (bicyclic) bond motifs is 1. The first kappa shape index (κ1) is 30.7. The van der Waals surface area contributed by atoms with Gasteiger partial charge >= 0.3 is 0 Å². The molecule has 1 N–H and O–H groups in total. The third-order valence-electron chi connectivity index (χ3n) is 8.85. The van der Waals surface area contributed by atoms with Crippen LogP contribution in [0.15, 0.2) is 53.3 Å². The number of unbranched alkanes of at least 4 members (excludes halogenated alkanes) is 1. The van der Waals surface area contributed by atoms with Crippen molar-refractivity contribution >= 4 is 5.78 Å². The van der Waals surface area contributed by atoms with Gasteiger partial charge < -0.3 is 9.84 Å². The molecule has 2 aromatic carbocycles. The Balaban J connectivity index is 1.49. The van der Waals surface area contributed by atoms with Gasteiger partial charge in [0.2, 0.25) is 5.78 Å². The summed E-state index contributed by atoms with van der Waals surface area (Å²) in [5, 5.41) is 24.7. The van der Waals surface area contributed by atoms with Gasteiger partial charge in [0.25, 0.3) is 5.56 Å². The fraction of sp³-hybridized carbons (Fsp3) is 0.486. The van der Waals surface area contributed by atoms with Gasteiger partial charge in [-0.25, -0.2) is 4.52 Å². The molecule has 0 amide bonds. The number of aliphatic hydroxyl groups is 1. The average Bonchev–Trinajstić information content (AvgIpc) is 3.38. The van der Waals surface area contributed by atoms with E-state index in [2.05, 4.69) is 25.1 Å². The smallest absolute Gasteiger partial charge is 0.259 e. The molecule has 1 unspecified atom stereocenters. The van der Waals surface area contributed by atoms with E-state index in [9.17, 15) is 15.2 Å². The highest BCUT2D eigenvalue weighted by Gasteiger charge is 2.31. The fourth-order valence-electron chi connectivity index (χ4n) is 6.07. The highest BCUT2D eigenvalue weighted by molar-refractivity contribution is 5.70. The minimum absolute atomic E-state index is 0.000252. The Kier molecular flexibility index (Phi) is 9.14. The summed E-state index contributed by atoms with van der Waals surface area (Å²) in [6.07, 6.45) is 6.22. The molecular formula is C35H43N5O3. The van der Waals surface area contributed by atoms with Gasteiger partial charge in [0.05, 0.1) is 35.1 Å². The van der Waals surface area contributed by atoms with Crippen molar-refractivity contribution in [2.75, 3.05) is 0 Å². The van der Waals surface area contributed by atoms with Crippen LogP contribution < -0.4 is 5.56 Å². The van der Waals surface area contributed by atoms with Crippen molar-refractivity contribution in [3.8, 4) is 17.2 Å². The second-order valence-electron chi connectivity index (χ2n) is 12.5. The molecule has 0 bridgehead atoms. The van der Waals surface area contributed by atoms with E-state index in [4.69, 9.17) is 14.8 Å². The maximum absolute atomic E-state index is 14.4. The van der Waals surface area contributed by atoms with Gasteiger partial charge in [0.1, 0.15) is 5.82 Å². The second kappa shape index (κ2) is 12.8. The molecule has 5 rings (SSSR count). The summed E-state index contributed by atoms with van der Waals surface area (Å²) in [6.45, 7) is 9.49. The molecule has 43 heavy (non-hydrogen) atoms. The van der Waals surface area contributed by atoms with Crippen LogP contribution in [0.2, 0.25) is 0 Å². The second-order valence-corrected chi connectivity index (χ2v) is 12.5.